The van der Waals surface area contributed by atoms with Crippen LogP contribution < -0.4 is 22.1 Å². The van der Waals surface area contributed by atoms with Crippen LogP contribution in [0.1, 0.15) is 43.5 Å². The van der Waals surface area contributed by atoms with Crippen molar-refractivity contribution in [3.63, 3.8) is 0 Å². The summed E-state index contributed by atoms with van der Waals surface area (Å²) in [4.78, 5) is 15.7. The van der Waals surface area contributed by atoms with E-state index in [-0.39, 0.29) is 5.70 Å². The fourth-order valence-corrected chi connectivity index (χ4v) is 4.15. The Morgan fingerprint density at radius 3 is 2.57 bits per heavy atom. The lowest BCUT2D eigenvalue weighted by molar-refractivity contribution is -0.437. The summed E-state index contributed by atoms with van der Waals surface area (Å²) in [6.07, 6.45) is 5.98. The van der Waals surface area contributed by atoms with Gasteiger partial charge in [0.1, 0.15) is 0 Å². The molecule has 1 aromatic rings. The lowest BCUT2D eigenvalue weighted by Gasteiger charge is -2.37. The molecule has 1 aromatic heterocycles. The Kier molecular flexibility index (Phi) is 6.04. The van der Waals surface area contributed by atoms with Gasteiger partial charge in [-0.15, -0.1) is 0 Å². The highest BCUT2D eigenvalue weighted by molar-refractivity contribution is 5.83. The molecular weight excluding hydrogens is 358 g/mol. The Labute approximate surface area is 165 Å². The molecule has 2 heterocycles. The second-order valence-corrected chi connectivity index (χ2v) is 8.04. The van der Waals surface area contributed by atoms with Crippen LogP contribution in [0.15, 0.2) is 29.0 Å². The number of nitrogens with one attached hydrogen (secondary N) is 2. The van der Waals surface area contributed by atoms with Gasteiger partial charge in [-0.25, -0.2) is 4.99 Å². The van der Waals surface area contributed by atoms with Crippen molar-refractivity contribution in [2.45, 2.75) is 51.2 Å². The maximum Gasteiger partial charge on any atom is 0.301 e. The topological polar surface area (TPSA) is 137 Å². The third-order valence-corrected chi connectivity index (χ3v) is 6.13. The zero-order valence-electron chi connectivity index (χ0n) is 16.6. The molecule has 1 fully saturated rings. The Hall–Kier alpha value is -2.39. The monoisotopic (exact) mass is 389 g/mol. The van der Waals surface area contributed by atoms with E-state index in [1.165, 1.54) is 6.20 Å². The molecule has 0 saturated heterocycles. The number of hydrogen-bond donors (Lipinski definition) is 4. The molecular formula is C19H31N7O2. The summed E-state index contributed by atoms with van der Waals surface area (Å²) in [6, 6.07) is 4.05. The maximum absolute atomic E-state index is 11.6. The third kappa shape index (κ3) is 4.36. The lowest BCUT2D eigenvalue weighted by Crippen LogP contribution is -2.64. The van der Waals surface area contributed by atoms with Crippen molar-refractivity contribution in [2.24, 2.45) is 35.3 Å². The van der Waals surface area contributed by atoms with E-state index >= 15 is 0 Å². The van der Waals surface area contributed by atoms with Crippen LogP contribution in [-0.2, 0) is 13.6 Å². The zero-order valence-corrected chi connectivity index (χ0v) is 16.6. The molecule has 9 nitrogen and oxygen atoms in total. The Morgan fingerprint density at radius 1 is 1.32 bits per heavy atom. The Bertz CT molecular complexity index is 777. The van der Waals surface area contributed by atoms with E-state index in [4.69, 9.17) is 11.5 Å². The molecule has 1 aliphatic carbocycles. The number of aliphatic imine (C=N–C) groups is 1. The second kappa shape index (κ2) is 8.32. The minimum Gasteiger partial charge on any atom is -0.350 e. The normalized spacial score (nSPS) is 29.1. The maximum atomic E-state index is 11.6. The Balaban J connectivity index is 1.73. The minimum absolute atomic E-state index is 0.0536. The average Bonchev–Trinajstić information content (AvgIpc) is 2.98. The number of nitrogens with zero attached hydrogens (tertiary/aromatic N) is 3. The second-order valence-electron chi connectivity index (χ2n) is 8.04. The molecule has 0 radical (unpaired) electrons. The standard InChI is InChI=1S/C19H31N7O2/c1-13-3-8-16(25(13)2)11-22-18-23-12-17(26(27)28)19(21,24-18)9-14-4-6-15(10-20)7-5-14/h3,8,12,14-15H,4-7,9-11,20-21H2,1-2H3,(H2,22,23,24). The molecule has 1 aliphatic heterocycles. The number of hydrogen-bond acceptors (Lipinski definition) is 5. The van der Waals surface area contributed by atoms with Gasteiger partial charge in [-0.05, 0) is 69.5 Å². The highest BCUT2D eigenvalue weighted by Crippen LogP contribution is 2.34. The lowest BCUT2D eigenvalue weighted by atomic mass is 9.77. The molecule has 0 spiro atoms. The number of nitro groups is 1. The van der Waals surface area contributed by atoms with E-state index in [2.05, 4.69) is 20.2 Å². The summed E-state index contributed by atoms with van der Waals surface area (Å²) in [5.41, 5.74) is 13.2. The van der Waals surface area contributed by atoms with Gasteiger partial charge in [-0.3, -0.25) is 15.8 Å². The van der Waals surface area contributed by atoms with Crippen LogP contribution in [0.4, 0.5) is 0 Å². The number of aromatic nitrogens is 1. The van der Waals surface area contributed by atoms with E-state index in [1.54, 1.807) is 0 Å². The van der Waals surface area contributed by atoms with Crippen molar-refractivity contribution >= 4 is 5.96 Å². The molecule has 154 valence electrons. The first kappa shape index (κ1) is 20.3. The van der Waals surface area contributed by atoms with Gasteiger partial charge in [0, 0.05) is 18.4 Å². The minimum atomic E-state index is -1.24. The molecule has 3 rings (SSSR count). The predicted molar refractivity (Wildman–Crippen MR) is 109 cm³/mol. The first-order valence-corrected chi connectivity index (χ1v) is 9.86. The molecule has 0 bridgehead atoms. The van der Waals surface area contributed by atoms with Crippen molar-refractivity contribution in [1.82, 2.24) is 15.2 Å². The summed E-state index contributed by atoms with van der Waals surface area (Å²) >= 11 is 0. The van der Waals surface area contributed by atoms with E-state index in [1.807, 2.05) is 26.1 Å². The van der Waals surface area contributed by atoms with Gasteiger partial charge in [-0.1, -0.05) is 0 Å². The van der Waals surface area contributed by atoms with Gasteiger partial charge in [0.2, 0.25) is 0 Å². The van der Waals surface area contributed by atoms with Crippen LogP contribution in [0.25, 0.3) is 0 Å². The molecule has 28 heavy (non-hydrogen) atoms. The smallest absolute Gasteiger partial charge is 0.301 e. The van der Waals surface area contributed by atoms with Gasteiger partial charge in [0.25, 0.3) is 0 Å². The fourth-order valence-electron chi connectivity index (χ4n) is 4.15. The molecule has 6 N–H and O–H groups in total. The quantitative estimate of drug-likeness (QED) is 0.428. The third-order valence-electron chi connectivity index (χ3n) is 6.13. The summed E-state index contributed by atoms with van der Waals surface area (Å²) in [6.45, 7) is 3.20. The number of nitrogens with two attached hydrogens (primary N) is 2. The van der Waals surface area contributed by atoms with Gasteiger partial charge >= 0.3 is 5.70 Å². The SMILES string of the molecule is Cc1ccc(CN=C2NC=C([N+](=O)[O-])C(N)(CC3CCC(CN)CC3)N2)n1C. The van der Waals surface area contributed by atoms with Crippen LogP contribution >= 0.6 is 0 Å². The van der Waals surface area contributed by atoms with Gasteiger partial charge < -0.3 is 20.9 Å². The van der Waals surface area contributed by atoms with Crippen molar-refractivity contribution < 1.29 is 4.92 Å². The summed E-state index contributed by atoms with van der Waals surface area (Å²) in [7, 11) is 1.99. The molecule has 2 aliphatic rings. The molecule has 1 atom stereocenters. The number of guanidine groups is 1. The predicted octanol–water partition coefficient (Wildman–Crippen LogP) is 1.31. The van der Waals surface area contributed by atoms with Crippen LogP contribution in [0.5, 0.6) is 0 Å². The van der Waals surface area contributed by atoms with Gasteiger partial charge in [-0.2, -0.15) is 0 Å². The van der Waals surface area contributed by atoms with Gasteiger partial charge in [0.05, 0.1) is 17.7 Å². The van der Waals surface area contributed by atoms with Crippen molar-refractivity contribution in [3.05, 3.63) is 45.5 Å². The fraction of sp³-hybridized carbons (Fsp3) is 0.632. The van der Waals surface area contributed by atoms with Gasteiger partial charge in [0.15, 0.2) is 11.6 Å². The summed E-state index contributed by atoms with van der Waals surface area (Å²) in [5, 5.41) is 17.5. The van der Waals surface area contributed by atoms with Crippen LogP contribution in [0, 0.1) is 28.9 Å². The highest BCUT2D eigenvalue weighted by Gasteiger charge is 2.44. The first-order valence-electron chi connectivity index (χ1n) is 9.86. The average molecular weight is 390 g/mol. The zero-order chi connectivity index (χ0) is 20.3. The van der Waals surface area contributed by atoms with E-state index < -0.39 is 10.6 Å². The van der Waals surface area contributed by atoms with Crippen LogP contribution in [-0.4, -0.2) is 27.7 Å². The van der Waals surface area contributed by atoms with Crippen LogP contribution in [0.3, 0.4) is 0 Å². The van der Waals surface area contributed by atoms with Crippen molar-refractivity contribution in [3.8, 4) is 0 Å². The first-order chi connectivity index (χ1) is 13.3. The molecule has 1 saturated carbocycles. The van der Waals surface area contributed by atoms with Crippen molar-refractivity contribution in [1.29, 1.82) is 0 Å². The summed E-state index contributed by atoms with van der Waals surface area (Å²) in [5.74, 6) is 1.35. The number of rotatable bonds is 6. The van der Waals surface area contributed by atoms with Crippen molar-refractivity contribution in [2.75, 3.05) is 6.54 Å². The Morgan fingerprint density at radius 2 is 2.00 bits per heavy atom. The van der Waals surface area contributed by atoms with E-state index in [0.29, 0.717) is 37.3 Å². The molecule has 9 heteroatoms. The largest absolute Gasteiger partial charge is 0.350 e. The highest BCUT2D eigenvalue weighted by atomic mass is 16.6. The molecule has 0 amide bonds. The summed E-state index contributed by atoms with van der Waals surface area (Å²) < 4.78 is 2.07. The molecule has 1 unspecified atom stereocenters. The molecule has 0 aromatic carbocycles. The van der Waals surface area contributed by atoms with E-state index in [9.17, 15) is 10.1 Å². The number of aryl methyl sites for hydroxylation is 1. The van der Waals surface area contributed by atoms with E-state index in [0.717, 1.165) is 37.1 Å². The van der Waals surface area contributed by atoms with Crippen LogP contribution in [0.2, 0.25) is 0 Å².